The molecule has 1 N–H and O–H groups in total. The summed E-state index contributed by atoms with van der Waals surface area (Å²) in [7, 11) is 0. The van der Waals surface area contributed by atoms with Gasteiger partial charge >= 0.3 is 0 Å². The molecule has 0 radical (unpaired) electrons. The Kier molecular flexibility index (Phi) is 4.34. The topological polar surface area (TPSA) is 64.2 Å². The lowest BCUT2D eigenvalue weighted by Crippen LogP contribution is -2.26. The number of halogens is 1. The molecule has 0 aromatic carbocycles. The number of hydrogen-bond acceptors (Lipinski definition) is 3. The summed E-state index contributed by atoms with van der Waals surface area (Å²) in [5.74, 6) is 0.227. The maximum atomic E-state index is 12.4. The van der Waals surface area contributed by atoms with E-state index < -0.39 is 0 Å². The summed E-state index contributed by atoms with van der Waals surface area (Å²) in [4.78, 5) is 16.8. The van der Waals surface area contributed by atoms with E-state index in [0.717, 1.165) is 5.65 Å². The van der Waals surface area contributed by atoms with Crippen LogP contribution in [0.15, 0.2) is 36.7 Å². The van der Waals surface area contributed by atoms with Crippen LogP contribution in [0.4, 0.5) is 0 Å². The van der Waals surface area contributed by atoms with Crippen LogP contribution < -0.4 is 5.32 Å². The van der Waals surface area contributed by atoms with Gasteiger partial charge in [-0.05, 0) is 24.1 Å². The van der Waals surface area contributed by atoms with E-state index in [9.17, 15) is 4.79 Å². The van der Waals surface area contributed by atoms with Crippen molar-refractivity contribution in [3.05, 3.63) is 53.2 Å². The largest absolute Gasteiger partial charge is 0.345 e. The van der Waals surface area contributed by atoms with E-state index in [0.29, 0.717) is 29.0 Å². The van der Waals surface area contributed by atoms with E-state index in [2.05, 4.69) is 29.2 Å². The van der Waals surface area contributed by atoms with Crippen LogP contribution in [-0.2, 0) is 13.1 Å². The van der Waals surface area contributed by atoms with Crippen LogP contribution in [-0.4, -0.2) is 25.1 Å². The molecule has 3 rings (SSSR count). The molecule has 3 heterocycles. The second-order valence-electron chi connectivity index (χ2n) is 5.75. The second-order valence-corrected chi connectivity index (χ2v) is 6.11. The minimum atomic E-state index is -0.184. The molecule has 0 saturated carbocycles. The van der Waals surface area contributed by atoms with E-state index in [-0.39, 0.29) is 12.5 Å². The zero-order valence-electron chi connectivity index (χ0n) is 13.0. The molecule has 6 nitrogen and oxygen atoms in total. The minimum absolute atomic E-state index is 0.184. The van der Waals surface area contributed by atoms with Crippen molar-refractivity contribution in [1.82, 2.24) is 24.5 Å². The van der Waals surface area contributed by atoms with Crippen molar-refractivity contribution < 1.29 is 4.79 Å². The van der Waals surface area contributed by atoms with Gasteiger partial charge in [-0.2, -0.15) is 5.10 Å². The predicted octanol–water partition coefficient (Wildman–Crippen LogP) is 2.77. The SMILES string of the molecule is CC(C)Cn1nccc1C(=O)NCc1nc2ccccn2c1Cl. The molecule has 0 unspecified atom stereocenters. The van der Waals surface area contributed by atoms with E-state index in [1.165, 1.54) is 0 Å². The first-order valence-corrected chi connectivity index (χ1v) is 7.85. The van der Waals surface area contributed by atoms with Gasteiger partial charge < -0.3 is 5.32 Å². The van der Waals surface area contributed by atoms with E-state index in [1.54, 1.807) is 21.3 Å². The fraction of sp³-hybridized carbons (Fsp3) is 0.312. The van der Waals surface area contributed by atoms with Crippen molar-refractivity contribution in [2.75, 3.05) is 0 Å². The van der Waals surface area contributed by atoms with Crippen molar-refractivity contribution in [2.45, 2.75) is 26.9 Å². The zero-order valence-corrected chi connectivity index (χ0v) is 13.8. The standard InChI is InChI=1S/C16H18ClN5O/c1-11(2)10-22-13(6-7-19-22)16(23)18-9-12-15(17)21-8-4-3-5-14(21)20-12/h3-8,11H,9-10H2,1-2H3,(H,18,23). The van der Waals surface area contributed by atoms with Gasteiger partial charge in [0.05, 0.1) is 12.2 Å². The van der Waals surface area contributed by atoms with Crippen molar-refractivity contribution in [3.63, 3.8) is 0 Å². The van der Waals surface area contributed by atoms with Gasteiger partial charge in [-0.1, -0.05) is 31.5 Å². The summed E-state index contributed by atoms with van der Waals surface area (Å²) in [6.07, 6.45) is 3.48. The fourth-order valence-corrected chi connectivity index (χ4v) is 2.65. The summed E-state index contributed by atoms with van der Waals surface area (Å²) in [6, 6.07) is 7.36. The number of fused-ring (bicyclic) bond motifs is 1. The monoisotopic (exact) mass is 331 g/mol. The van der Waals surface area contributed by atoms with Crippen molar-refractivity contribution in [2.24, 2.45) is 5.92 Å². The minimum Gasteiger partial charge on any atom is -0.345 e. The lowest BCUT2D eigenvalue weighted by Gasteiger charge is -2.09. The maximum absolute atomic E-state index is 12.4. The molecule has 0 aliphatic heterocycles. The summed E-state index contributed by atoms with van der Waals surface area (Å²) < 4.78 is 3.50. The number of amides is 1. The third-order valence-electron chi connectivity index (χ3n) is 3.44. The van der Waals surface area contributed by atoms with Gasteiger partial charge in [0.2, 0.25) is 0 Å². The van der Waals surface area contributed by atoms with E-state index in [4.69, 9.17) is 11.6 Å². The number of rotatable bonds is 5. The Morgan fingerprint density at radius 3 is 2.91 bits per heavy atom. The summed E-state index contributed by atoms with van der Waals surface area (Å²) in [5, 5.41) is 7.56. The van der Waals surface area contributed by atoms with Gasteiger partial charge in [0, 0.05) is 18.9 Å². The van der Waals surface area contributed by atoms with Crippen LogP contribution in [0.1, 0.15) is 30.0 Å². The van der Waals surface area contributed by atoms with Gasteiger partial charge in [-0.15, -0.1) is 0 Å². The number of carbonyl (C=O) groups is 1. The molecule has 0 bridgehead atoms. The Balaban J connectivity index is 1.73. The van der Waals surface area contributed by atoms with Gasteiger partial charge in [-0.25, -0.2) is 4.98 Å². The first-order chi connectivity index (χ1) is 11.1. The number of pyridine rings is 1. The highest BCUT2D eigenvalue weighted by Crippen LogP contribution is 2.17. The summed E-state index contributed by atoms with van der Waals surface area (Å²) in [6.45, 7) is 5.14. The molecular formula is C16H18ClN5O. The average Bonchev–Trinajstić information content (AvgIpc) is 3.10. The number of carbonyl (C=O) groups excluding carboxylic acids is 1. The van der Waals surface area contributed by atoms with Crippen LogP contribution in [0, 0.1) is 5.92 Å². The van der Waals surface area contributed by atoms with Crippen LogP contribution in [0.2, 0.25) is 5.15 Å². The number of aromatic nitrogens is 4. The Morgan fingerprint density at radius 1 is 1.35 bits per heavy atom. The van der Waals surface area contributed by atoms with Crippen LogP contribution in [0.5, 0.6) is 0 Å². The van der Waals surface area contributed by atoms with Crippen molar-refractivity contribution in [1.29, 1.82) is 0 Å². The van der Waals surface area contributed by atoms with Gasteiger partial charge in [-0.3, -0.25) is 13.9 Å². The maximum Gasteiger partial charge on any atom is 0.269 e. The zero-order chi connectivity index (χ0) is 16.4. The number of hydrogen-bond donors (Lipinski definition) is 1. The van der Waals surface area contributed by atoms with Crippen LogP contribution >= 0.6 is 11.6 Å². The molecule has 3 aromatic heterocycles. The smallest absolute Gasteiger partial charge is 0.269 e. The van der Waals surface area contributed by atoms with Crippen LogP contribution in [0.25, 0.3) is 5.65 Å². The summed E-state index contributed by atoms with van der Waals surface area (Å²) in [5.41, 5.74) is 1.94. The number of nitrogens with zero attached hydrogens (tertiary/aromatic N) is 4. The number of imidazole rings is 1. The first-order valence-electron chi connectivity index (χ1n) is 7.47. The van der Waals surface area contributed by atoms with Gasteiger partial charge in [0.1, 0.15) is 16.5 Å². The Morgan fingerprint density at radius 2 is 2.17 bits per heavy atom. The molecule has 0 aliphatic carbocycles. The van der Waals surface area contributed by atoms with Gasteiger partial charge in [0.15, 0.2) is 0 Å². The molecule has 23 heavy (non-hydrogen) atoms. The predicted molar refractivity (Wildman–Crippen MR) is 88.4 cm³/mol. The van der Waals surface area contributed by atoms with Crippen molar-refractivity contribution in [3.8, 4) is 0 Å². The second kappa shape index (κ2) is 6.42. The molecule has 1 amide bonds. The normalized spacial score (nSPS) is 11.3. The summed E-state index contributed by atoms with van der Waals surface area (Å²) >= 11 is 6.30. The molecule has 7 heteroatoms. The molecule has 0 saturated heterocycles. The average molecular weight is 332 g/mol. The third kappa shape index (κ3) is 3.22. The molecule has 0 fully saturated rings. The highest BCUT2D eigenvalue weighted by molar-refractivity contribution is 6.30. The third-order valence-corrected chi connectivity index (χ3v) is 3.84. The molecule has 120 valence electrons. The Labute approximate surface area is 139 Å². The molecular weight excluding hydrogens is 314 g/mol. The fourth-order valence-electron chi connectivity index (χ4n) is 2.40. The molecule has 0 spiro atoms. The first kappa shape index (κ1) is 15.6. The molecule has 0 atom stereocenters. The lowest BCUT2D eigenvalue weighted by atomic mass is 10.2. The van der Waals surface area contributed by atoms with Gasteiger partial charge in [0.25, 0.3) is 5.91 Å². The lowest BCUT2D eigenvalue weighted by molar-refractivity contribution is 0.0938. The van der Waals surface area contributed by atoms with E-state index >= 15 is 0 Å². The number of nitrogens with one attached hydrogen (secondary N) is 1. The van der Waals surface area contributed by atoms with E-state index in [1.807, 2.05) is 24.4 Å². The molecule has 3 aromatic rings. The molecule has 0 aliphatic rings. The Hall–Kier alpha value is -2.34. The highest BCUT2D eigenvalue weighted by Gasteiger charge is 2.15. The highest BCUT2D eigenvalue weighted by atomic mass is 35.5. The Bertz CT molecular complexity index is 836. The quantitative estimate of drug-likeness (QED) is 0.782. The van der Waals surface area contributed by atoms with Crippen LogP contribution in [0.3, 0.4) is 0 Å². The van der Waals surface area contributed by atoms with Crippen molar-refractivity contribution >= 4 is 23.2 Å².